The maximum atomic E-state index is 13.4. The average molecular weight is 408 g/mol. The Bertz CT molecular complexity index is 1250. The minimum Gasteiger partial charge on any atom is -0.328 e. The molecule has 2 aromatic carbocycles. The van der Waals surface area contributed by atoms with E-state index in [0.29, 0.717) is 17.3 Å². The van der Waals surface area contributed by atoms with Crippen molar-refractivity contribution in [2.75, 3.05) is 10.6 Å². The number of aromatic nitrogens is 4. The number of anilines is 2. The third-order valence-electron chi connectivity index (χ3n) is 5.18. The first-order valence-electron chi connectivity index (χ1n) is 9.97. The molecule has 1 aliphatic heterocycles. The summed E-state index contributed by atoms with van der Waals surface area (Å²) in [5.74, 6) is 0.981. The summed E-state index contributed by atoms with van der Waals surface area (Å²) < 4.78 is 1.78. The number of hydrogen-bond donors (Lipinski definition) is 2. The van der Waals surface area contributed by atoms with Crippen molar-refractivity contribution in [2.24, 2.45) is 0 Å². The number of para-hydroxylation sites is 1. The van der Waals surface area contributed by atoms with Crippen LogP contribution in [0.25, 0.3) is 11.4 Å². The Morgan fingerprint density at radius 2 is 1.65 bits per heavy atom. The van der Waals surface area contributed by atoms with Crippen molar-refractivity contribution < 1.29 is 4.79 Å². The third-order valence-corrected chi connectivity index (χ3v) is 5.18. The first kappa shape index (κ1) is 18.7. The summed E-state index contributed by atoms with van der Waals surface area (Å²) in [6.45, 7) is 1.89. The first-order chi connectivity index (χ1) is 15.2. The summed E-state index contributed by atoms with van der Waals surface area (Å²) in [5.41, 5.74) is 3.88. The van der Waals surface area contributed by atoms with Crippen molar-refractivity contribution in [1.82, 2.24) is 19.7 Å². The van der Waals surface area contributed by atoms with E-state index in [1.165, 1.54) is 0 Å². The number of hydrogen-bond acceptors (Lipinski definition) is 5. The lowest BCUT2D eigenvalue weighted by Gasteiger charge is -2.28. The Kier molecular flexibility index (Phi) is 4.76. The van der Waals surface area contributed by atoms with Gasteiger partial charge in [0.1, 0.15) is 6.04 Å². The molecular weight excluding hydrogens is 388 g/mol. The molecule has 0 saturated heterocycles. The Hall–Kier alpha value is -4.26. The van der Waals surface area contributed by atoms with Gasteiger partial charge in [0.25, 0.3) is 5.91 Å². The molecule has 1 unspecified atom stereocenters. The van der Waals surface area contributed by atoms with Crippen LogP contribution in [0.3, 0.4) is 0 Å². The molecule has 0 fully saturated rings. The predicted molar refractivity (Wildman–Crippen MR) is 119 cm³/mol. The molecule has 2 aromatic heterocycles. The minimum absolute atomic E-state index is 0.184. The van der Waals surface area contributed by atoms with Gasteiger partial charge in [-0.3, -0.25) is 9.78 Å². The van der Waals surface area contributed by atoms with Crippen molar-refractivity contribution in [2.45, 2.75) is 13.0 Å². The van der Waals surface area contributed by atoms with Crippen molar-refractivity contribution in [3.8, 4) is 11.4 Å². The van der Waals surface area contributed by atoms with Gasteiger partial charge in [0.15, 0.2) is 5.82 Å². The highest BCUT2D eigenvalue weighted by molar-refractivity contribution is 6.06. The smallest absolute Gasteiger partial charge is 0.255 e. The van der Waals surface area contributed by atoms with E-state index in [9.17, 15) is 4.79 Å². The largest absolute Gasteiger partial charge is 0.328 e. The number of allylic oxidation sites excluding steroid dienone is 1. The van der Waals surface area contributed by atoms with Gasteiger partial charge in [-0.2, -0.15) is 4.98 Å². The summed E-state index contributed by atoms with van der Waals surface area (Å²) in [5, 5.41) is 11.0. The van der Waals surface area contributed by atoms with Crippen LogP contribution < -0.4 is 10.6 Å². The monoisotopic (exact) mass is 408 g/mol. The first-order valence-corrected chi connectivity index (χ1v) is 9.97. The molecule has 0 saturated carbocycles. The average Bonchev–Trinajstić information content (AvgIpc) is 3.23. The van der Waals surface area contributed by atoms with Crippen LogP contribution >= 0.6 is 0 Å². The van der Waals surface area contributed by atoms with Crippen molar-refractivity contribution in [1.29, 1.82) is 0 Å². The second-order valence-electron chi connectivity index (χ2n) is 7.24. The van der Waals surface area contributed by atoms with Crippen LogP contribution in [0.2, 0.25) is 0 Å². The fourth-order valence-corrected chi connectivity index (χ4v) is 3.73. The highest BCUT2D eigenvalue weighted by Gasteiger charge is 2.34. The second kappa shape index (κ2) is 7.87. The topological polar surface area (TPSA) is 84.7 Å². The van der Waals surface area contributed by atoms with E-state index in [2.05, 4.69) is 20.6 Å². The molecular formula is C24H20N6O. The molecule has 0 bridgehead atoms. The van der Waals surface area contributed by atoms with Crippen molar-refractivity contribution in [3.05, 3.63) is 102 Å². The number of nitrogens with zero attached hydrogens (tertiary/aromatic N) is 4. The van der Waals surface area contributed by atoms with Crippen LogP contribution in [0.15, 0.2) is 96.5 Å². The molecule has 0 spiro atoms. The number of pyridine rings is 1. The molecule has 3 heterocycles. The van der Waals surface area contributed by atoms with Gasteiger partial charge in [-0.25, -0.2) is 4.68 Å². The number of fused-ring (bicyclic) bond motifs is 1. The van der Waals surface area contributed by atoms with E-state index in [-0.39, 0.29) is 5.91 Å². The van der Waals surface area contributed by atoms with Crippen molar-refractivity contribution >= 4 is 17.5 Å². The minimum atomic E-state index is -0.413. The zero-order chi connectivity index (χ0) is 21.2. The molecule has 152 valence electrons. The van der Waals surface area contributed by atoms with E-state index in [4.69, 9.17) is 5.10 Å². The Morgan fingerprint density at radius 1 is 0.968 bits per heavy atom. The number of amides is 1. The van der Waals surface area contributed by atoms with E-state index in [1.807, 2.05) is 79.7 Å². The van der Waals surface area contributed by atoms with Gasteiger partial charge >= 0.3 is 0 Å². The normalized spacial score (nSPS) is 15.2. The molecule has 7 heteroatoms. The lowest BCUT2D eigenvalue weighted by molar-refractivity contribution is -0.113. The maximum Gasteiger partial charge on any atom is 0.255 e. The molecule has 31 heavy (non-hydrogen) atoms. The molecule has 0 radical (unpaired) electrons. The molecule has 1 aliphatic rings. The zero-order valence-electron chi connectivity index (χ0n) is 16.9. The van der Waals surface area contributed by atoms with Crippen LogP contribution in [-0.4, -0.2) is 25.7 Å². The quantitative estimate of drug-likeness (QED) is 0.527. The SMILES string of the molecule is CC1=C(C(=O)Nc2ccccc2)C(c2ccccc2)n2nc(-c3ccncc3)nc2N1. The van der Waals surface area contributed by atoms with E-state index < -0.39 is 6.04 Å². The highest BCUT2D eigenvalue weighted by atomic mass is 16.1. The summed E-state index contributed by atoms with van der Waals surface area (Å²) in [6, 6.07) is 22.6. The number of benzene rings is 2. The molecule has 0 aliphatic carbocycles. The molecule has 1 amide bonds. The molecule has 1 atom stereocenters. The number of nitrogens with one attached hydrogen (secondary N) is 2. The Balaban J connectivity index is 1.60. The van der Waals surface area contributed by atoms with Gasteiger partial charge in [-0.1, -0.05) is 48.5 Å². The fraction of sp³-hybridized carbons (Fsp3) is 0.0833. The number of carbonyl (C=O) groups is 1. The van der Waals surface area contributed by atoms with Crippen LogP contribution in [0.5, 0.6) is 0 Å². The standard InChI is InChI=1S/C24H20N6O/c1-16-20(23(31)27-19-10-6-3-7-11-19)21(17-8-4-2-5-9-17)30-24(26-16)28-22(29-30)18-12-14-25-15-13-18/h2-15,21H,1H3,(H,27,31)(H,26,28,29). The lowest BCUT2D eigenvalue weighted by atomic mass is 9.95. The number of carbonyl (C=O) groups excluding carboxylic acids is 1. The zero-order valence-corrected chi connectivity index (χ0v) is 16.9. The van der Waals surface area contributed by atoms with Gasteiger partial charge < -0.3 is 10.6 Å². The lowest BCUT2D eigenvalue weighted by Crippen LogP contribution is -2.31. The highest BCUT2D eigenvalue weighted by Crippen LogP contribution is 2.36. The Morgan fingerprint density at radius 3 is 2.35 bits per heavy atom. The van der Waals surface area contributed by atoms with E-state index >= 15 is 0 Å². The van der Waals surface area contributed by atoms with Crippen LogP contribution in [0.1, 0.15) is 18.5 Å². The van der Waals surface area contributed by atoms with Crippen LogP contribution in [0, 0.1) is 0 Å². The second-order valence-corrected chi connectivity index (χ2v) is 7.24. The van der Waals surface area contributed by atoms with Crippen LogP contribution in [0.4, 0.5) is 11.6 Å². The summed E-state index contributed by atoms with van der Waals surface area (Å²) in [7, 11) is 0. The maximum absolute atomic E-state index is 13.4. The van der Waals surface area contributed by atoms with E-state index in [1.54, 1.807) is 17.1 Å². The van der Waals surface area contributed by atoms with Gasteiger partial charge in [0, 0.05) is 29.3 Å². The molecule has 7 nitrogen and oxygen atoms in total. The predicted octanol–water partition coefficient (Wildman–Crippen LogP) is 4.27. The summed E-state index contributed by atoms with van der Waals surface area (Å²) in [4.78, 5) is 22.1. The van der Waals surface area contributed by atoms with Gasteiger partial charge in [0.05, 0.1) is 5.57 Å². The Labute approximate surface area is 179 Å². The van der Waals surface area contributed by atoms with Crippen molar-refractivity contribution in [3.63, 3.8) is 0 Å². The summed E-state index contributed by atoms with van der Waals surface area (Å²) >= 11 is 0. The third kappa shape index (κ3) is 3.57. The number of rotatable bonds is 4. The summed E-state index contributed by atoms with van der Waals surface area (Å²) in [6.07, 6.45) is 3.42. The fourth-order valence-electron chi connectivity index (χ4n) is 3.73. The van der Waals surface area contributed by atoms with Crippen LogP contribution in [-0.2, 0) is 4.79 Å². The van der Waals surface area contributed by atoms with Gasteiger partial charge in [-0.05, 0) is 36.8 Å². The van der Waals surface area contributed by atoms with Gasteiger partial charge in [-0.15, -0.1) is 5.10 Å². The molecule has 4 aromatic rings. The molecule has 2 N–H and O–H groups in total. The van der Waals surface area contributed by atoms with Gasteiger partial charge in [0.2, 0.25) is 5.95 Å². The van der Waals surface area contributed by atoms with E-state index in [0.717, 1.165) is 22.5 Å². The molecule has 5 rings (SSSR count).